The van der Waals surface area contributed by atoms with Gasteiger partial charge in [-0.2, -0.15) is 0 Å². The SMILES string of the molecule is CCCCOc1ccc(Br)cc1/C=C1/C(=O)NC(=O)N(c2ccc([N+](=O)[O-])cc2)C1=O. The summed E-state index contributed by atoms with van der Waals surface area (Å²) in [7, 11) is 0. The molecule has 10 heteroatoms. The molecule has 4 amide bonds. The molecule has 0 bridgehead atoms. The van der Waals surface area contributed by atoms with Crippen LogP contribution >= 0.6 is 15.9 Å². The van der Waals surface area contributed by atoms with Gasteiger partial charge in [-0.15, -0.1) is 0 Å². The summed E-state index contributed by atoms with van der Waals surface area (Å²) in [6.07, 6.45) is 3.14. The minimum atomic E-state index is -0.935. The summed E-state index contributed by atoms with van der Waals surface area (Å²) in [6.45, 7) is 2.50. The van der Waals surface area contributed by atoms with E-state index in [0.29, 0.717) is 22.4 Å². The van der Waals surface area contributed by atoms with Crippen LogP contribution in [-0.4, -0.2) is 29.4 Å². The van der Waals surface area contributed by atoms with Gasteiger partial charge >= 0.3 is 6.03 Å². The van der Waals surface area contributed by atoms with E-state index in [1.54, 1.807) is 18.2 Å². The Morgan fingerprint density at radius 3 is 2.52 bits per heavy atom. The molecular formula is C21H18BrN3O6. The maximum atomic E-state index is 13.0. The topological polar surface area (TPSA) is 119 Å². The maximum absolute atomic E-state index is 13.0. The molecule has 0 unspecified atom stereocenters. The number of nitro benzene ring substituents is 1. The van der Waals surface area contributed by atoms with Gasteiger partial charge < -0.3 is 4.74 Å². The zero-order chi connectivity index (χ0) is 22.5. The first-order chi connectivity index (χ1) is 14.8. The van der Waals surface area contributed by atoms with Crippen LogP contribution in [0.1, 0.15) is 25.3 Å². The number of nitrogens with one attached hydrogen (secondary N) is 1. The minimum absolute atomic E-state index is 0.0974. The van der Waals surface area contributed by atoms with Crippen molar-refractivity contribution < 1.29 is 24.0 Å². The lowest BCUT2D eigenvalue weighted by atomic mass is 10.1. The van der Waals surface area contributed by atoms with Crippen molar-refractivity contribution in [3.8, 4) is 5.75 Å². The molecule has 0 atom stereocenters. The second kappa shape index (κ2) is 9.52. The molecule has 3 rings (SSSR count). The van der Waals surface area contributed by atoms with Gasteiger partial charge in [0.1, 0.15) is 11.3 Å². The van der Waals surface area contributed by atoms with E-state index in [9.17, 15) is 24.5 Å². The number of carbonyl (C=O) groups is 3. The molecule has 1 N–H and O–H groups in total. The molecule has 0 aliphatic carbocycles. The number of unbranched alkanes of at least 4 members (excludes halogenated alkanes) is 1. The molecule has 1 aliphatic rings. The van der Waals surface area contributed by atoms with Crippen molar-refractivity contribution in [1.82, 2.24) is 5.32 Å². The van der Waals surface area contributed by atoms with Gasteiger partial charge in [0.25, 0.3) is 17.5 Å². The van der Waals surface area contributed by atoms with Crippen molar-refractivity contribution in [3.63, 3.8) is 0 Å². The number of carbonyl (C=O) groups excluding carboxylic acids is 3. The highest BCUT2D eigenvalue weighted by Crippen LogP contribution is 2.29. The predicted octanol–water partition coefficient (Wildman–Crippen LogP) is 4.20. The molecule has 1 saturated heterocycles. The fourth-order valence-electron chi connectivity index (χ4n) is 2.86. The summed E-state index contributed by atoms with van der Waals surface area (Å²) in [4.78, 5) is 48.7. The van der Waals surface area contributed by atoms with Gasteiger partial charge in [0.05, 0.1) is 17.2 Å². The predicted molar refractivity (Wildman–Crippen MR) is 117 cm³/mol. The third kappa shape index (κ3) is 4.97. The van der Waals surface area contributed by atoms with Crippen LogP contribution in [0.2, 0.25) is 0 Å². The van der Waals surface area contributed by atoms with E-state index in [4.69, 9.17) is 4.74 Å². The van der Waals surface area contributed by atoms with Crippen molar-refractivity contribution in [3.05, 3.63) is 68.2 Å². The van der Waals surface area contributed by atoms with Crippen molar-refractivity contribution in [2.24, 2.45) is 0 Å². The van der Waals surface area contributed by atoms with E-state index in [1.165, 1.54) is 30.3 Å². The van der Waals surface area contributed by atoms with Crippen LogP contribution in [-0.2, 0) is 9.59 Å². The third-order valence-electron chi connectivity index (χ3n) is 4.45. The van der Waals surface area contributed by atoms with Gasteiger partial charge in [-0.05, 0) is 42.8 Å². The Hall–Kier alpha value is -3.53. The number of halogens is 1. The quantitative estimate of drug-likeness (QED) is 0.205. The molecular weight excluding hydrogens is 470 g/mol. The number of amides is 4. The van der Waals surface area contributed by atoms with Crippen LogP contribution < -0.4 is 15.0 Å². The monoisotopic (exact) mass is 487 g/mol. The summed E-state index contributed by atoms with van der Waals surface area (Å²) in [6, 6.07) is 9.13. The Morgan fingerprint density at radius 2 is 1.87 bits per heavy atom. The van der Waals surface area contributed by atoms with Crippen LogP contribution in [0.4, 0.5) is 16.2 Å². The number of benzene rings is 2. The van der Waals surface area contributed by atoms with Crippen LogP contribution in [0.15, 0.2) is 52.5 Å². The summed E-state index contributed by atoms with van der Waals surface area (Å²) in [5.41, 5.74) is 0.127. The lowest BCUT2D eigenvalue weighted by Crippen LogP contribution is -2.54. The van der Waals surface area contributed by atoms with Crippen LogP contribution in [0.3, 0.4) is 0 Å². The van der Waals surface area contributed by atoms with Crippen molar-refractivity contribution in [1.29, 1.82) is 0 Å². The van der Waals surface area contributed by atoms with E-state index in [1.807, 2.05) is 6.92 Å². The van der Waals surface area contributed by atoms with E-state index >= 15 is 0 Å². The number of imide groups is 2. The fourth-order valence-corrected chi connectivity index (χ4v) is 3.24. The van der Waals surface area contributed by atoms with Crippen molar-refractivity contribution in [2.75, 3.05) is 11.5 Å². The van der Waals surface area contributed by atoms with E-state index < -0.39 is 22.8 Å². The summed E-state index contributed by atoms with van der Waals surface area (Å²) < 4.78 is 6.48. The van der Waals surface area contributed by atoms with Crippen molar-refractivity contribution in [2.45, 2.75) is 19.8 Å². The van der Waals surface area contributed by atoms with Gasteiger partial charge in [-0.25, -0.2) is 9.69 Å². The molecule has 160 valence electrons. The lowest BCUT2D eigenvalue weighted by molar-refractivity contribution is -0.384. The number of nitrogens with zero attached hydrogens (tertiary/aromatic N) is 2. The fraction of sp³-hybridized carbons (Fsp3) is 0.190. The van der Waals surface area contributed by atoms with Gasteiger partial charge in [0, 0.05) is 22.2 Å². The first kappa shape index (κ1) is 22.2. The number of anilines is 1. The molecule has 0 spiro atoms. The summed E-state index contributed by atoms with van der Waals surface area (Å²) in [5.74, 6) is -1.20. The van der Waals surface area contributed by atoms with Crippen LogP contribution in [0, 0.1) is 10.1 Å². The van der Waals surface area contributed by atoms with Gasteiger partial charge in [-0.1, -0.05) is 29.3 Å². The number of non-ortho nitro benzene ring substituents is 1. The third-order valence-corrected chi connectivity index (χ3v) is 4.94. The largest absolute Gasteiger partial charge is 0.493 e. The number of ether oxygens (including phenoxy) is 1. The molecule has 9 nitrogen and oxygen atoms in total. The number of hydrogen-bond donors (Lipinski definition) is 1. The Labute approximate surface area is 186 Å². The number of rotatable bonds is 7. The second-order valence-corrected chi connectivity index (χ2v) is 7.53. The Kier molecular flexibility index (Phi) is 6.81. The normalized spacial score (nSPS) is 15.2. The first-order valence-electron chi connectivity index (χ1n) is 9.40. The highest BCUT2D eigenvalue weighted by Gasteiger charge is 2.37. The Bertz CT molecular complexity index is 1080. The average molecular weight is 488 g/mol. The number of urea groups is 1. The molecule has 1 fully saturated rings. The maximum Gasteiger partial charge on any atom is 0.335 e. The second-order valence-electron chi connectivity index (χ2n) is 6.62. The van der Waals surface area contributed by atoms with Gasteiger partial charge in [-0.3, -0.25) is 25.0 Å². The zero-order valence-corrected chi connectivity index (χ0v) is 18.0. The molecule has 31 heavy (non-hydrogen) atoms. The van der Waals surface area contributed by atoms with Crippen LogP contribution in [0.5, 0.6) is 5.75 Å². The number of hydrogen-bond acceptors (Lipinski definition) is 6. The van der Waals surface area contributed by atoms with E-state index in [0.717, 1.165) is 17.7 Å². The smallest absolute Gasteiger partial charge is 0.335 e. The van der Waals surface area contributed by atoms with Crippen molar-refractivity contribution >= 4 is 51.2 Å². The zero-order valence-electron chi connectivity index (χ0n) is 16.5. The molecule has 2 aromatic rings. The number of nitro groups is 1. The molecule has 1 aliphatic heterocycles. The highest BCUT2D eigenvalue weighted by molar-refractivity contribution is 9.10. The summed E-state index contributed by atoms with van der Waals surface area (Å²) in [5, 5.41) is 13.0. The molecule has 0 aromatic heterocycles. The molecule has 0 saturated carbocycles. The van der Waals surface area contributed by atoms with Gasteiger partial charge in [0.2, 0.25) is 0 Å². The van der Waals surface area contributed by atoms with E-state index in [-0.39, 0.29) is 16.9 Å². The summed E-state index contributed by atoms with van der Waals surface area (Å²) >= 11 is 3.36. The first-order valence-corrected chi connectivity index (χ1v) is 10.2. The molecule has 2 aromatic carbocycles. The van der Waals surface area contributed by atoms with Gasteiger partial charge in [0.15, 0.2) is 0 Å². The standard InChI is InChI=1S/C21H18BrN3O6/c1-2-3-10-31-18-9-4-14(22)11-13(18)12-17-19(26)23-21(28)24(20(17)27)15-5-7-16(8-6-15)25(29)30/h4-9,11-12H,2-3,10H2,1H3,(H,23,26,28)/b17-12-. The average Bonchev–Trinajstić information content (AvgIpc) is 2.73. The Morgan fingerprint density at radius 1 is 1.16 bits per heavy atom. The number of barbiturate groups is 1. The molecule has 1 heterocycles. The lowest BCUT2D eigenvalue weighted by Gasteiger charge is -2.26. The van der Waals surface area contributed by atoms with E-state index in [2.05, 4.69) is 21.2 Å². The highest BCUT2D eigenvalue weighted by atomic mass is 79.9. The molecule has 0 radical (unpaired) electrons. The van der Waals surface area contributed by atoms with Crippen LogP contribution in [0.25, 0.3) is 6.08 Å². The minimum Gasteiger partial charge on any atom is -0.493 e. The Balaban J connectivity index is 1.97.